The Balaban J connectivity index is 1.66. The molecule has 0 unspecified atom stereocenters. The maximum atomic E-state index is 13.0. The largest absolute Gasteiger partial charge is 0.268 e. The van der Waals surface area contributed by atoms with Gasteiger partial charge < -0.3 is 0 Å². The number of sulfonamides is 1. The summed E-state index contributed by atoms with van der Waals surface area (Å²) in [7, 11) is -7.74. The van der Waals surface area contributed by atoms with Crippen molar-refractivity contribution < 1.29 is 25.6 Å². The summed E-state index contributed by atoms with van der Waals surface area (Å²) in [5, 5.41) is 0. The molecular weight excluding hydrogens is 412 g/mol. The summed E-state index contributed by atoms with van der Waals surface area (Å²) in [6.07, 6.45) is 2.47. The number of hydrogen-bond acceptors (Lipinski definition) is 5. The molecule has 0 amide bonds. The van der Waals surface area contributed by atoms with E-state index in [2.05, 4.69) is 9.71 Å². The van der Waals surface area contributed by atoms with Gasteiger partial charge in [0.15, 0.2) is 0 Å². The Morgan fingerprint density at radius 2 is 1.39 bits per heavy atom. The van der Waals surface area contributed by atoms with Crippen LogP contribution in [0.15, 0.2) is 70.8 Å². The zero-order valence-electron chi connectivity index (χ0n) is 14.3. The molecule has 1 heterocycles. The van der Waals surface area contributed by atoms with Gasteiger partial charge >= 0.3 is 0 Å². The van der Waals surface area contributed by atoms with Crippen LogP contribution in [0, 0.1) is 11.6 Å². The fourth-order valence-electron chi connectivity index (χ4n) is 2.34. The Bertz CT molecular complexity index is 1170. The maximum absolute atomic E-state index is 13.0. The van der Waals surface area contributed by atoms with Crippen molar-refractivity contribution in [1.29, 1.82) is 0 Å². The smallest absolute Gasteiger partial charge is 0.241 e. The Hall–Kier alpha value is -2.63. The quantitative estimate of drug-likeness (QED) is 0.621. The van der Waals surface area contributed by atoms with Crippen molar-refractivity contribution in [1.82, 2.24) is 13.7 Å². The van der Waals surface area contributed by atoms with Crippen molar-refractivity contribution in [3.05, 3.63) is 78.4 Å². The molecule has 0 atom stereocenters. The number of rotatable bonds is 7. The van der Waals surface area contributed by atoms with E-state index in [1.807, 2.05) is 0 Å². The second-order valence-electron chi connectivity index (χ2n) is 5.76. The van der Waals surface area contributed by atoms with Crippen molar-refractivity contribution in [3.63, 3.8) is 0 Å². The third-order valence-corrected chi connectivity index (χ3v) is 6.90. The molecule has 2 aromatic carbocycles. The molecule has 1 N–H and O–H groups in total. The number of nitrogens with one attached hydrogen (secondary N) is 1. The van der Waals surface area contributed by atoms with Crippen molar-refractivity contribution in [3.8, 4) is 0 Å². The maximum Gasteiger partial charge on any atom is 0.268 e. The number of nitrogens with zero attached hydrogens (tertiary/aromatic N) is 2. The molecule has 0 spiro atoms. The lowest BCUT2D eigenvalue weighted by molar-refractivity contribution is 0.579. The van der Waals surface area contributed by atoms with Crippen molar-refractivity contribution in [2.75, 3.05) is 6.54 Å². The molecular formula is C17H15F2N3O4S2. The number of halogens is 2. The molecule has 0 aliphatic carbocycles. The van der Waals surface area contributed by atoms with E-state index < -0.39 is 31.7 Å². The van der Waals surface area contributed by atoms with Crippen LogP contribution in [0.5, 0.6) is 0 Å². The first kappa shape index (κ1) is 20.1. The van der Waals surface area contributed by atoms with Crippen molar-refractivity contribution >= 4 is 20.0 Å². The standard InChI is InChI=1S/C17H15F2N3O4S2/c18-13-1-5-16(6-2-13)27(23,24)21-10-9-15-11-22(12-20-15)28(25,26)17-7-3-14(19)4-8-17/h1-8,11-12,21H,9-10H2. The highest BCUT2D eigenvalue weighted by Gasteiger charge is 2.18. The highest BCUT2D eigenvalue weighted by molar-refractivity contribution is 7.90. The summed E-state index contributed by atoms with van der Waals surface area (Å²) in [6.45, 7) is -0.0344. The van der Waals surface area contributed by atoms with Gasteiger partial charge in [0.25, 0.3) is 10.0 Å². The summed E-state index contributed by atoms with van der Waals surface area (Å²) in [6, 6.07) is 8.71. The molecule has 0 fully saturated rings. The zero-order valence-corrected chi connectivity index (χ0v) is 15.9. The normalized spacial score (nSPS) is 12.2. The summed E-state index contributed by atoms with van der Waals surface area (Å²) >= 11 is 0. The first-order chi connectivity index (χ1) is 13.2. The number of aromatic nitrogens is 2. The van der Waals surface area contributed by atoms with Crippen LogP contribution in [-0.4, -0.2) is 32.3 Å². The second kappa shape index (κ2) is 7.78. The molecule has 11 heteroatoms. The molecule has 0 radical (unpaired) electrons. The molecule has 0 bridgehead atoms. The third-order valence-electron chi connectivity index (χ3n) is 3.80. The molecule has 0 aliphatic rings. The monoisotopic (exact) mass is 427 g/mol. The van der Waals surface area contributed by atoms with Gasteiger partial charge in [-0.15, -0.1) is 0 Å². The SMILES string of the molecule is O=S(=O)(NCCc1cn(S(=O)(=O)c2ccc(F)cc2)cn1)c1ccc(F)cc1. The summed E-state index contributed by atoms with van der Waals surface area (Å²) < 4.78 is 78.3. The topological polar surface area (TPSA) is 98.1 Å². The average molecular weight is 427 g/mol. The van der Waals surface area contributed by atoms with Gasteiger partial charge in [0.05, 0.1) is 15.5 Å². The second-order valence-corrected chi connectivity index (χ2v) is 9.37. The first-order valence-electron chi connectivity index (χ1n) is 7.98. The highest BCUT2D eigenvalue weighted by atomic mass is 32.2. The molecule has 3 aromatic rings. The number of benzene rings is 2. The number of imidazole rings is 1. The van der Waals surface area contributed by atoms with E-state index in [-0.39, 0.29) is 22.8 Å². The lowest BCUT2D eigenvalue weighted by Gasteiger charge is -2.06. The fraction of sp³-hybridized carbons (Fsp3) is 0.118. The van der Waals surface area contributed by atoms with Gasteiger partial charge in [0, 0.05) is 19.2 Å². The predicted octanol–water partition coefficient (Wildman–Crippen LogP) is 1.92. The molecule has 7 nitrogen and oxygen atoms in total. The van der Waals surface area contributed by atoms with Gasteiger partial charge in [0.2, 0.25) is 10.0 Å². The third kappa shape index (κ3) is 4.43. The lowest BCUT2D eigenvalue weighted by atomic mass is 10.3. The summed E-state index contributed by atoms with van der Waals surface area (Å²) in [5.74, 6) is -1.11. The van der Waals surface area contributed by atoms with Gasteiger partial charge in [-0.3, -0.25) is 0 Å². The van der Waals surface area contributed by atoms with Gasteiger partial charge in [-0.05, 0) is 48.5 Å². The van der Waals surface area contributed by atoms with E-state index in [4.69, 9.17) is 0 Å². The fourth-order valence-corrected chi connectivity index (χ4v) is 4.53. The van der Waals surface area contributed by atoms with E-state index in [0.717, 1.165) is 58.8 Å². The van der Waals surface area contributed by atoms with E-state index in [1.165, 1.54) is 6.20 Å². The van der Waals surface area contributed by atoms with Crippen LogP contribution < -0.4 is 4.72 Å². The van der Waals surface area contributed by atoms with Crippen LogP contribution in [0.2, 0.25) is 0 Å². The Morgan fingerprint density at radius 3 is 1.96 bits per heavy atom. The van der Waals surface area contributed by atoms with Crippen molar-refractivity contribution in [2.24, 2.45) is 0 Å². The van der Waals surface area contributed by atoms with Crippen LogP contribution in [-0.2, 0) is 26.5 Å². The lowest BCUT2D eigenvalue weighted by Crippen LogP contribution is -2.26. The molecule has 0 saturated heterocycles. The zero-order chi connectivity index (χ0) is 20.4. The molecule has 28 heavy (non-hydrogen) atoms. The highest BCUT2D eigenvalue weighted by Crippen LogP contribution is 2.15. The Kier molecular flexibility index (Phi) is 5.59. The van der Waals surface area contributed by atoms with Crippen LogP contribution in [0.25, 0.3) is 0 Å². The van der Waals surface area contributed by atoms with Gasteiger partial charge in [-0.25, -0.2) is 39.3 Å². The van der Waals surface area contributed by atoms with Crippen LogP contribution in [0.1, 0.15) is 5.69 Å². The van der Waals surface area contributed by atoms with Gasteiger partial charge in [-0.1, -0.05) is 0 Å². The predicted molar refractivity (Wildman–Crippen MR) is 96.5 cm³/mol. The minimum Gasteiger partial charge on any atom is -0.241 e. The molecule has 3 rings (SSSR count). The van der Waals surface area contributed by atoms with E-state index in [9.17, 15) is 25.6 Å². The summed E-state index contributed by atoms with van der Waals surface area (Å²) in [5.41, 5.74) is 0.340. The first-order valence-corrected chi connectivity index (χ1v) is 10.9. The van der Waals surface area contributed by atoms with Crippen molar-refractivity contribution in [2.45, 2.75) is 16.2 Å². The van der Waals surface area contributed by atoms with E-state index in [1.54, 1.807) is 0 Å². The summed E-state index contributed by atoms with van der Waals surface area (Å²) in [4.78, 5) is 3.77. The average Bonchev–Trinajstić information content (AvgIpc) is 3.12. The van der Waals surface area contributed by atoms with E-state index in [0.29, 0.717) is 5.69 Å². The Labute approximate surface area is 160 Å². The Morgan fingerprint density at radius 1 is 0.857 bits per heavy atom. The van der Waals surface area contributed by atoms with Crippen LogP contribution in [0.3, 0.4) is 0 Å². The molecule has 0 aliphatic heterocycles. The van der Waals surface area contributed by atoms with E-state index >= 15 is 0 Å². The van der Waals surface area contributed by atoms with Crippen LogP contribution >= 0.6 is 0 Å². The molecule has 1 aromatic heterocycles. The number of hydrogen-bond donors (Lipinski definition) is 1. The van der Waals surface area contributed by atoms with Crippen LogP contribution in [0.4, 0.5) is 8.78 Å². The molecule has 0 saturated carbocycles. The minimum atomic E-state index is -3.92. The minimum absolute atomic E-state index is 0.0344. The van der Waals surface area contributed by atoms with Gasteiger partial charge in [-0.2, -0.15) is 0 Å². The van der Waals surface area contributed by atoms with Gasteiger partial charge in [0.1, 0.15) is 18.0 Å². The molecule has 148 valence electrons.